The lowest BCUT2D eigenvalue weighted by Gasteiger charge is -2.31. The summed E-state index contributed by atoms with van der Waals surface area (Å²) < 4.78 is 0. The third-order valence-corrected chi connectivity index (χ3v) is 3.47. The van der Waals surface area contributed by atoms with Crippen LogP contribution in [0.25, 0.3) is 0 Å². The minimum absolute atomic E-state index is 0.231. The van der Waals surface area contributed by atoms with E-state index in [0.717, 1.165) is 38.8 Å². The molecule has 6 heteroatoms. The van der Waals surface area contributed by atoms with Crippen molar-refractivity contribution in [2.24, 2.45) is 11.7 Å². The van der Waals surface area contributed by atoms with Gasteiger partial charge >= 0.3 is 6.03 Å². The van der Waals surface area contributed by atoms with Crippen LogP contribution in [0.15, 0.2) is 0 Å². The highest BCUT2D eigenvalue weighted by molar-refractivity contribution is 5.95. The molecule has 0 spiro atoms. The molecule has 1 saturated carbocycles. The van der Waals surface area contributed by atoms with Crippen molar-refractivity contribution in [3.05, 3.63) is 0 Å². The summed E-state index contributed by atoms with van der Waals surface area (Å²) in [4.78, 5) is 25.1. The molecule has 6 nitrogen and oxygen atoms in total. The molecular weight excluding hydrogens is 232 g/mol. The molecular formula is C12H22N4O2. The molecule has 0 aromatic heterocycles. The number of carbonyl (C=O) groups excluding carboxylic acids is 2. The van der Waals surface area contributed by atoms with Crippen LogP contribution in [-0.4, -0.2) is 49.1 Å². The van der Waals surface area contributed by atoms with E-state index in [1.807, 2.05) is 0 Å². The summed E-state index contributed by atoms with van der Waals surface area (Å²) in [5.74, 6) is 0.248. The Bertz CT molecular complexity index is 317. The topological polar surface area (TPSA) is 87.5 Å². The van der Waals surface area contributed by atoms with E-state index in [4.69, 9.17) is 5.73 Å². The number of nitrogens with zero attached hydrogens (tertiary/aromatic N) is 1. The van der Waals surface area contributed by atoms with Crippen molar-refractivity contribution in [1.82, 2.24) is 15.5 Å². The van der Waals surface area contributed by atoms with Crippen LogP contribution in [0.3, 0.4) is 0 Å². The third kappa shape index (κ3) is 4.27. The Morgan fingerprint density at radius 2 is 2.06 bits per heavy atom. The highest BCUT2D eigenvalue weighted by atomic mass is 16.2. The normalized spacial score (nSPS) is 24.6. The Morgan fingerprint density at radius 1 is 1.28 bits per heavy atom. The standard InChI is InChI=1S/C12H22N4O2/c13-6-9-2-1-5-16(7-9)8-11(17)15-12(18)14-10-3-4-10/h9-10H,1-8,13H2,(H2,14,15,17,18). The summed E-state index contributed by atoms with van der Waals surface area (Å²) in [6.07, 6.45) is 4.25. The summed E-state index contributed by atoms with van der Waals surface area (Å²) >= 11 is 0. The number of hydrogen-bond acceptors (Lipinski definition) is 4. The number of piperidine rings is 1. The number of nitrogens with one attached hydrogen (secondary N) is 2. The first-order valence-corrected chi connectivity index (χ1v) is 6.70. The zero-order valence-electron chi connectivity index (χ0n) is 10.7. The molecule has 2 fully saturated rings. The van der Waals surface area contributed by atoms with Gasteiger partial charge in [0.15, 0.2) is 0 Å². The number of carbonyl (C=O) groups is 2. The lowest BCUT2D eigenvalue weighted by Crippen LogP contribution is -2.47. The van der Waals surface area contributed by atoms with E-state index in [0.29, 0.717) is 12.5 Å². The molecule has 1 heterocycles. The molecule has 2 rings (SSSR count). The van der Waals surface area contributed by atoms with Gasteiger partial charge in [-0.15, -0.1) is 0 Å². The average molecular weight is 254 g/mol. The maximum absolute atomic E-state index is 11.7. The molecule has 102 valence electrons. The molecule has 2 aliphatic rings. The van der Waals surface area contributed by atoms with Gasteiger partial charge in [0.1, 0.15) is 0 Å². The van der Waals surface area contributed by atoms with Crippen LogP contribution in [0.2, 0.25) is 0 Å². The SMILES string of the molecule is NCC1CCCN(CC(=O)NC(=O)NC2CC2)C1. The van der Waals surface area contributed by atoms with Crippen molar-refractivity contribution in [3.63, 3.8) is 0 Å². The van der Waals surface area contributed by atoms with Gasteiger partial charge < -0.3 is 11.1 Å². The predicted octanol–water partition coefficient (Wildman–Crippen LogP) is -0.355. The van der Waals surface area contributed by atoms with E-state index in [1.54, 1.807) is 0 Å². The molecule has 1 saturated heterocycles. The van der Waals surface area contributed by atoms with Gasteiger partial charge in [-0.2, -0.15) is 0 Å². The maximum atomic E-state index is 11.7. The van der Waals surface area contributed by atoms with Crippen molar-refractivity contribution in [3.8, 4) is 0 Å². The second-order valence-electron chi connectivity index (χ2n) is 5.27. The monoisotopic (exact) mass is 254 g/mol. The fourth-order valence-corrected chi connectivity index (χ4v) is 2.31. The quantitative estimate of drug-likeness (QED) is 0.639. The molecule has 0 radical (unpaired) electrons. The lowest BCUT2D eigenvalue weighted by atomic mass is 9.98. The van der Waals surface area contributed by atoms with Gasteiger partial charge in [-0.05, 0) is 44.7 Å². The van der Waals surface area contributed by atoms with Crippen LogP contribution >= 0.6 is 0 Å². The second-order valence-corrected chi connectivity index (χ2v) is 5.27. The van der Waals surface area contributed by atoms with Crippen molar-refractivity contribution < 1.29 is 9.59 Å². The molecule has 0 aromatic rings. The number of hydrogen-bond donors (Lipinski definition) is 3. The summed E-state index contributed by atoms with van der Waals surface area (Å²) in [6.45, 7) is 2.72. The molecule has 1 aliphatic heterocycles. The fourth-order valence-electron chi connectivity index (χ4n) is 2.31. The van der Waals surface area contributed by atoms with Crippen LogP contribution in [-0.2, 0) is 4.79 Å². The first kappa shape index (κ1) is 13.3. The van der Waals surface area contributed by atoms with Crippen molar-refractivity contribution in [1.29, 1.82) is 0 Å². The van der Waals surface area contributed by atoms with E-state index in [9.17, 15) is 9.59 Å². The van der Waals surface area contributed by atoms with Crippen LogP contribution < -0.4 is 16.4 Å². The number of amides is 3. The number of urea groups is 1. The Hall–Kier alpha value is -1.14. The first-order chi connectivity index (χ1) is 8.67. The minimum Gasteiger partial charge on any atom is -0.335 e. The summed E-state index contributed by atoms with van der Waals surface area (Å²) in [7, 11) is 0. The maximum Gasteiger partial charge on any atom is 0.321 e. The molecule has 1 aliphatic carbocycles. The molecule has 18 heavy (non-hydrogen) atoms. The van der Waals surface area contributed by atoms with E-state index >= 15 is 0 Å². The number of imide groups is 1. The van der Waals surface area contributed by atoms with Crippen LogP contribution in [0.1, 0.15) is 25.7 Å². The van der Waals surface area contributed by atoms with Crippen molar-refractivity contribution in [2.45, 2.75) is 31.7 Å². The van der Waals surface area contributed by atoms with E-state index < -0.39 is 0 Å². The van der Waals surface area contributed by atoms with Crippen LogP contribution in [0.5, 0.6) is 0 Å². The van der Waals surface area contributed by atoms with Gasteiger partial charge in [0.25, 0.3) is 0 Å². The highest BCUT2D eigenvalue weighted by Crippen LogP contribution is 2.18. The Balaban J connectivity index is 1.67. The smallest absolute Gasteiger partial charge is 0.321 e. The van der Waals surface area contributed by atoms with E-state index in [2.05, 4.69) is 15.5 Å². The number of rotatable bonds is 4. The third-order valence-electron chi connectivity index (χ3n) is 3.47. The zero-order valence-corrected chi connectivity index (χ0v) is 10.7. The summed E-state index contributed by atoms with van der Waals surface area (Å²) in [5.41, 5.74) is 5.65. The predicted molar refractivity (Wildman–Crippen MR) is 67.9 cm³/mol. The minimum atomic E-state index is -0.366. The summed E-state index contributed by atoms with van der Waals surface area (Å²) in [5, 5.41) is 5.10. The van der Waals surface area contributed by atoms with Gasteiger partial charge in [0.05, 0.1) is 6.54 Å². The van der Waals surface area contributed by atoms with Gasteiger partial charge in [-0.25, -0.2) is 4.79 Å². The Morgan fingerprint density at radius 3 is 2.72 bits per heavy atom. The highest BCUT2D eigenvalue weighted by Gasteiger charge is 2.25. The van der Waals surface area contributed by atoms with Gasteiger partial charge in [-0.3, -0.25) is 15.0 Å². The van der Waals surface area contributed by atoms with Crippen molar-refractivity contribution in [2.75, 3.05) is 26.2 Å². The average Bonchev–Trinajstić information content (AvgIpc) is 3.12. The molecule has 0 bridgehead atoms. The number of likely N-dealkylation sites (tertiary alicyclic amines) is 1. The molecule has 3 amide bonds. The second kappa shape index (κ2) is 6.15. The van der Waals surface area contributed by atoms with Gasteiger partial charge in [0, 0.05) is 12.6 Å². The van der Waals surface area contributed by atoms with Gasteiger partial charge in [0.2, 0.25) is 5.91 Å². The molecule has 0 aromatic carbocycles. The van der Waals surface area contributed by atoms with E-state index in [-0.39, 0.29) is 24.5 Å². The Kier molecular flexibility index (Phi) is 4.54. The van der Waals surface area contributed by atoms with Crippen LogP contribution in [0.4, 0.5) is 4.79 Å². The number of nitrogens with two attached hydrogens (primary N) is 1. The van der Waals surface area contributed by atoms with Gasteiger partial charge in [-0.1, -0.05) is 0 Å². The lowest BCUT2D eigenvalue weighted by molar-refractivity contribution is -0.121. The van der Waals surface area contributed by atoms with E-state index in [1.165, 1.54) is 0 Å². The molecule has 4 N–H and O–H groups in total. The zero-order chi connectivity index (χ0) is 13.0. The summed E-state index contributed by atoms with van der Waals surface area (Å²) in [6, 6.07) is -0.0932. The fraction of sp³-hybridized carbons (Fsp3) is 0.833. The largest absolute Gasteiger partial charge is 0.335 e. The Labute approximate surface area is 107 Å². The first-order valence-electron chi connectivity index (χ1n) is 6.70. The molecule has 1 atom stereocenters. The molecule has 1 unspecified atom stereocenters. The van der Waals surface area contributed by atoms with Crippen molar-refractivity contribution >= 4 is 11.9 Å². The van der Waals surface area contributed by atoms with Crippen LogP contribution in [0, 0.1) is 5.92 Å².